The fraction of sp³-hybridized carbons (Fsp3) is 0.278. The Bertz CT molecular complexity index is 707. The van der Waals surface area contributed by atoms with Gasteiger partial charge in [0, 0.05) is 12.1 Å². The maximum atomic E-state index is 11.8. The quantitative estimate of drug-likeness (QED) is 0.795. The highest BCUT2D eigenvalue weighted by atomic mass is 16.5. The van der Waals surface area contributed by atoms with E-state index in [0.717, 1.165) is 18.5 Å². The maximum absolute atomic E-state index is 11.8. The van der Waals surface area contributed by atoms with Crippen molar-refractivity contribution in [1.82, 2.24) is 4.98 Å². The van der Waals surface area contributed by atoms with E-state index in [0.29, 0.717) is 30.2 Å². The Hall–Kier alpha value is -2.87. The van der Waals surface area contributed by atoms with Gasteiger partial charge in [-0.2, -0.15) is 5.26 Å². The summed E-state index contributed by atoms with van der Waals surface area (Å²) in [5, 5.41) is 11.6. The number of aromatic nitrogens is 1. The molecule has 0 fully saturated rings. The van der Waals surface area contributed by atoms with Gasteiger partial charge in [0.1, 0.15) is 11.6 Å². The molecule has 0 bridgehead atoms. The van der Waals surface area contributed by atoms with Crippen molar-refractivity contribution in [3.8, 4) is 11.8 Å². The summed E-state index contributed by atoms with van der Waals surface area (Å²) in [6.45, 7) is 2.40. The minimum Gasteiger partial charge on any atom is -0.494 e. The van der Waals surface area contributed by atoms with E-state index < -0.39 is 0 Å². The van der Waals surface area contributed by atoms with Crippen LogP contribution in [0.4, 0.5) is 5.82 Å². The van der Waals surface area contributed by atoms with Gasteiger partial charge in [-0.3, -0.25) is 4.79 Å². The first-order chi connectivity index (χ1) is 11.2. The molecule has 2 aromatic rings. The van der Waals surface area contributed by atoms with Crippen LogP contribution >= 0.6 is 0 Å². The van der Waals surface area contributed by atoms with E-state index in [2.05, 4.69) is 16.4 Å². The van der Waals surface area contributed by atoms with Crippen LogP contribution in [-0.2, 0) is 4.79 Å². The zero-order valence-corrected chi connectivity index (χ0v) is 13.1. The SMILES string of the molecule is Cc1cccc(NC(=O)CCCCOc2cccc(C#N)c2)n1. The normalized spacial score (nSPS) is 9.91. The minimum atomic E-state index is -0.0467. The number of ether oxygens (including phenoxy) is 1. The lowest BCUT2D eigenvalue weighted by Gasteiger charge is -2.07. The van der Waals surface area contributed by atoms with Crippen molar-refractivity contribution in [3.63, 3.8) is 0 Å². The topological polar surface area (TPSA) is 75.0 Å². The van der Waals surface area contributed by atoms with Crippen molar-refractivity contribution < 1.29 is 9.53 Å². The van der Waals surface area contributed by atoms with E-state index in [1.807, 2.05) is 25.1 Å². The Morgan fingerprint density at radius 2 is 2.09 bits per heavy atom. The standard InChI is InChI=1S/C18H19N3O2/c1-14-6-4-9-17(20-14)21-18(22)10-2-3-11-23-16-8-5-7-15(12-16)13-19/h4-9,12H,2-3,10-11H2,1H3,(H,20,21,22). The van der Waals surface area contributed by atoms with Crippen molar-refractivity contribution >= 4 is 11.7 Å². The second kappa shape index (κ2) is 8.54. The zero-order valence-electron chi connectivity index (χ0n) is 13.1. The van der Waals surface area contributed by atoms with Gasteiger partial charge in [0.15, 0.2) is 0 Å². The van der Waals surface area contributed by atoms with Crippen molar-refractivity contribution in [2.24, 2.45) is 0 Å². The Labute approximate surface area is 135 Å². The Balaban J connectivity index is 1.65. The number of anilines is 1. The molecule has 0 aliphatic carbocycles. The number of amides is 1. The van der Waals surface area contributed by atoms with Gasteiger partial charge in [0.05, 0.1) is 18.2 Å². The molecule has 0 saturated carbocycles. The molecule has 1 N–H and O–H groups in total. The molecule has 0 radical (unpaired) electrons. The van der Waals surface area contributed by atoms with Gasteiger partial charge >= 0.3 is 0 Å². The summed E-state index contributed by atoms with van der Waals surface area (Å²) >= 11 is 0. The maximum Gasteiger partial charge on any atom is 0.225 e. The molecule has 0 atom stereocenters. The van der Waals surface area contributed by atoms with Crippen LogP contribution in [0, 0.1) is 18.3 Å². The Morgan fingerprint density at radius 3 is 2.87 bits per heavy atom. The summed E-state index contributed by atoms with van der Waals surface area (Å²) < 4.78 is 5.57. The van der Waals surface area contributed by atoms with Crippen LogP contribution in [0.3, 0.4) is 0 Å². The number of unbranched alkanes of at least 4 members (excludes halogenated alkanes) is 1. The number of hydrogen-bond donors (Lipinski definition) is 1. The fourth-order valence-corrected chi connectivity index (χ4v) is 2.05. The Morgan fingerprint density at radius 1 is 1.26 bits per heavy atom. The molecule has 0 unspecified atom stereocenters. The zero-order chi connectivity index (χ0) is 16.5. The van der Waals surface area contributed by atoms with E-state index in [9.17, 15) is 4.79 Å². The van der Waals surface area contributed by atoms with Gasteiger partial charge in [-0.05, 0) is 50.1 Å². The molecule has 1 amide bonds. The second-order valence-electron chi connectivity index (χ2n) is 5.16. The van der Waals surface area contributed by atoms with Crippen molar-refractivity contribution in [2.45, 2.75) is 26.2 Å². The van der Waals surface area contributed by atoms with Crippen LogP contribution in [0.15, 0.2) is 42.5 Å². The lowest BCUT2D eigenvalue weighted by atomic mass is 10.2. The summed E-state index contributed by atoms with van der Waals surface area (Å²) in [6, 6.07) is 14.6. The number of rotatable bonds is 7. The number of pyridine rings is 1. The van der Waals surface area contributed by atoms with Gasteiger partial charge in [-0.25, -0.2) is 4.98 Å². The van der Waals surface area contributed by atoms with Crippen molar-refractivity contribution in [2.75, 3.05) is 11.9 Å². The first-order valence-corrected chi connectivity index (χ1v) is 7.54. The third kappa shape index (κ3) is 5.79. The number of carbonyl (C=O) groups is 1. The van der Waals surface area contributed by atoms with Crippen LogP contribution in [0.25, 0.3) is 0 Å². The average molecular weight is 309 g/mol. The molecule has 1 heterocycles. The molecule has 1 aromatic carbocycles. The first kappa shape index (κ1) is 16.5. The monoisotopic (exact) mass is 309 g/mol. The predicted molar refractivity (Wildman–Crippen MR) is 88.1 cm³/mol. The highest BCUT2D eigenvalue weighted by Crippen LogP contribution is 2.13. The molecule has 118 valence electrons. The van der Waals surface area contributed by atoms with Gasteiger partial charge < -0.3 is 10.1 Å². The highest BCUT2D eigenvalue weighted by Gasteiger charge is 2.03. The third-order valence-corrected chi connectivity index (χ3v) is 3.19. The van der Waals surface area contributed by atoms with Crippen LogP contribution < -0.4 is 10.1 Å². The molecule has 0 aliphatic heterocycles. The fourth-order valence-electron chi connectivity index (χ4n) is 2.05. The summed E-state index contributed by atoms with van der Waals surface area (Å²) in [4.78, 5) is 16.0. The molecule has 23 heavy (non-hydrogen) atoms. The molecular formula is C18H19N3O2. The first-order valence-electron chi connectivity index (χ1n) is 7.54. The third-order valence-electron chi connectivity index (χ3n) is 3.19. The largest absolute Gasteiger partial charge is 0.494 e. The summed E-state index contributed by atoms with van der Waals surface area (Å²) in [5.74, 6) is 1.21. The van der Waals surface area contributed by atoms with Gasteiger partial charge in [-0.15, -0.1) is 0 Å². The van der Waals surface area contributed by atoms with E-state index in [1.165, 1.54) is 0 Å². The molecule has 5 nitrogen and oxygen atoms in total. The summed E-state index contributed by atoms with van der Waals surface area (Å²) in [6.07, 6.45) is 1.93. The minimum absolute atomic E-state index is 0.0467. The molecule has 5 heteroatoms. The van der Waals surface area contributed by atoms with Crippen molar-refractivity contribution in [3.05, 3.63) is 53.7 Å². The number of benzene rings is 1. The summed E-state index contributed by atoms with van der Waals surface area (Å²) in [5.41, 5.74) is 1.45. The molecular weight excluding hydrogens is 290 g/mol. The molecule has 0 spiro atoms. The second-order valence-corrected chi connectivity index (χ2v) is 5.16. The van der Waals surface area contributed by atoms with E-state index in [1.54, 1.807) is 24.3 Å². The van der Waals surface area contributed by atoms with Gasteiger partial charge in [0.25, 0.3) is 0 Å². The number of hydrogen-bond acceptors (Lipinski definition) is 4. The molecule has 2 rings (SSSR count). The lowest BCUT2D eigenvalue weighted by Crippen LogP contribution is -2.13. The van der Waals surface area contributed by atoms with Gasteiger partial charge in [-0.1, -0.05) is 12.1 Å². The number of nitriles is 1. The number of aryl methyl sites for hydroxylation is 1. The lowest BCUT2D eigenvalue weighted by molar-refractivity contribution is -0.116. The van der Waals surface area contributed by atoms with Crippen LogP contribution in [-0.4, -0.2) is 17.5 Å². The highest BCUT2D eigenvalue weighted by molar-refractivity contribution is 5.89. The van der Waals surface area contributed by atoms with Crippen molar-refractivity contribution in [1.29, 1.82) is 5.26 Å². The van der Waals surface area contributed by atoms with Crippen LogP contribution in [0.1, 0.15) is 30.5 Å². The van der Waals surface area contributed by atoms with E-state index in [4.69, 9.17) is 10.00 Å². The van der Waals surface area contributed by atoms with E-state index >= 15 is 0 Å². The average Bonchev–Trinajstić information content (AvgIpc) is 2.55. The smallest absolute Gasteiger partial charge is 0.225 e. The number of nitrogens with one attached hydrogen (secondary N) is 1. The number of carbonyl (C=O) groups excluding carboxylic acids is 1. The van der Waals surface area contributed by atoms with Crippen LogP contribution in [0.5, 0.6) is 5.75 Å². The summed E-state index contributed by atoms with van der Waals surface area (Å²) in [7, 11) is 0. The molecule has 1 aromatic heterocycles. The van der Waals surface area contributed by atoms with Gasteiger partial charge in [0.2, 0.25) is 5.91 Å². The predicted octanol–water partition coefficient (Wildman–Crippen LogP) is 3.45. The Kier molecular flexibility index (Phi) is 6.13. The van der Waals surface area contributed by atoms with Crippen LogP contribution in [0.2, 0.25) is 0 Å². The number of nitrogens with zero attached hydrogens (tertiary/aromatic N) is 2. The molecule has 0 saturated heterocycles. The molecule has 0 aliphatic rings. The van der Waals surface area contributed by atoms with E-state index in [-0.39, 0.29) is 5.91 Å².